The third kappa shape index (κ3) is 4.00. The smallest absolute Gasteiger partial charge is 0.174 e. The lowest BCUT2D eigenvalue weighted by molar-refractivity contribution is 0.122. The number of benzene rings is 1. The minimum Gasteiger partial charge on any atom is -0.378 e. The van der Waals surface area contributed by atoms with E-state index in [1.54, 1.807) is 0 Å². The van der Waals surface area contributed by atoms with Gasteiger partial charge in [0.2, 0.25) is 0 Å². The molecule has 2 fully saturated rings. The van der Waals surface area contributed by atoms with Crippen molar-refractivity contribution < 1.29 is 4.74 Å². The Labute approximate surface area is 201 Å². The second-order valence-electron chi connectivity index (χ2n) is 8.68. The molecule has 0 aliphatic carbocycles. The van der Waals surface area contributed by atoms with Crippen LogP contribution in [0.3, 0.4) is 0 Å². The zero-order chi connectivity index (χ0) is 22.9. The first-order valence-corrected chi connectivity index (χ1v) is 12.1. The van der Waals surface area contributed by atoms with Gasteiger partial charge in [-0.1, -0.05) is 6.07 Å². The zero-order valence-corrected chi connectivity index (χ0v) is 20.3. The lowest BCUT2D eigenvalue weighted by Gasteiger charge is -2.31. The molecule has 33 heavy (non-hydrogen) atoms. The summed E-state index contributed by atoms with van der Waals surface area (Å²) < 4.78 is 7.87. The Morgan fingerprint density at radius 3 is 2.42 bits per heavy atom. The summed E-state index contributed by atoms with van der Waals surface area (Å²) in [4.78, 5) is 9.31. The first-order chi connectivity index (χ1) is 16.1. The van der Waals surface area contributed by atoms with Crippen LogP contribution in [0, 0.1) is 13.8 Å². The molecule has 2 aliphatic heterocycles. The number of pyridine rings is 1. The molecule has 1 N–H and O–H groups in total. The van der Waals surface area contributed by atoms with Gasteiger partial charge in [-0.15, -0.1) is 0 Å². The van der Waals surface area contributed by atoms with Crippen LogP contribution in [-0.2, 0) is 11.3 Å². The van der Waals surface area contributed by atoms with E-state index in [2.05, 4.69) is 81.8 Å². The largest absolute Gasteiger partial charge is 0.378 e. The second-order valence-corrected chi connectivity index (χ2v) is 9.07. The van der Waals surface area contributed by atoms with Crippen molar-refractivity contribution in [2.45, 2.75) is 39.4 Å². The molecular formula is C26H31N5OS. The van der Waals surface area contributed by atoms with Gasteiger partial charge in [-0.3, -0.25) is 4.98 Å². The van der Waals surface area contributed by atoms with E-state index in [1.807, 2.05) is 18.3 Å². The van der Waals surface area contributed by atoms with Crippen molar-refractivity contribution in [3.8, 4) is 0 Å². The number of aryl methyl sites for hydroxylation is 1. The van der Waals surface area contributed by atoms with Crippen molar-refractivity contribution in [3.63, 3.8) is 0 Å². The summed E-state index contributed by atoms with van der Waals surface area (Å²) in [5, 5.41) is 4.31. The predicted molar refractivity (Wildman–Crippen MR) is 137 cm³/mol. The van der Waals surface area contributed by atoms with Crippen LogP contribution in [0.5, 0.6) is 0 Å². The van der Waals surface area contributed by atoms with Crippen LogP contribution in [0.1, 0.15) is 41.7 Å². The summed E-state index contributed by atoms with van der Waals surface area (Å²) in [6.45, 7) is 10.9. The van der Waals surface area contributed by atoms with Crippen LogP contribution < -0.4 is 15.1 Å². The van der Waals surface area contributed by atoms with E-state index < -0.39 is 0 Å². The van der Waals surface area contributed by atoms with E-state index in [0.29, 0.717) is 0 Å². The Morgan fingerprint density at radius 2 is 1.79 bits per heavy atom. The maximum atomic E-state index is 5.90. The highest BCUT2D eigenvalue weighted by molar-refractivity contribution is 7.80. The van der Waals surface area contributed by atoms with E-state index >= 15 is 0 Å². The van der Waals surface area contributed by atoms with Gasteiger partial charge in [-0.2, -0.15) is 0 Å². The molecule has 2 aliphatic rings. The molecule has 172 valence electrons. The van der Waals surface area contributed by atoms with Crippen LogP contribution in [0.25, 0.3) is 0 Å². The molecule has 0 bridgehead atoms. The summed E-state index contributed by atoms with van der Waals surface area (Å²) in [7, 11) is 0. The summed E-state index contributed by atoms with van der Waals surface area (Å²) >= 11 is 5.90. The quantitative estimate of drug-likeness (QED) is 0.563. The van der Waals surface area contributed by atoms with Gasteiger partial charge < -0.3 is 24.4 Å². The topological polar surface area (TPSA) is 45.6 Å². The van der Waals surface area contributed by atoms with E-state index in [-0.39, 0.29) is 12.1 Å². The van der Waals surface area contributed by atoms with Gasteiger partial charge >= 0.3 is 0 Å². The van der Waals surface area contributed by atoms with Crippen LogP contribution in [0.15, 0.2) is 54.7 Å². The third-order valence-electron chi connectivity index (χ3n) is 6.85. The summed E-state index contributed by atoms with van der Waals surface area (Å²) in [6.07, 6.45) is 1.85. The molecule has 3 aromatic rings. The molecule has 0 spiro atoms. The van der Waals surface area contributed by atoms with E-state index in [9.17, 15) is 0 Å². The fraction of sp³-hybridized carbons (Fsp3) is 0.385. The molecule has 2 atom stereocenters. The number of hydrogen-bond donors (Lipinski definition) is 1. The summed E-state index contributed by atoms with van der Waals surface area (Å²) in [5.74, 6) is 0. The van der Waals surface area contributed by atoms with Gasteiger partial charge in [0.15, 0.2) is 5.11 Å². The highest BCUT2D eigenvalue weighted by Crippen LogP contribution is 2.43. The summed E-state index contributed by atoms with van der Waals surface area (Å²) in [6, 6.07) is 17.2. The van der Waals surface area contributed by atoms with E-state index in [4.69, 9.17) is 17.0 Å². The maximum Gasteiger partial charge on any atom is 0.174 e. The number of rotatable bonds is 5. The molecule has 2 saturated heterocycles. The first-order valence-electron chi connectivity index (χ1n) is 11.7. The Morgan fingerprint density at radius 1 is 1.06 bits per heavy atom. The Kier molecular flexibility index (Phi) is 6.08. The minimum atomic E-state index is -0.0246. The van der Waals surface area contributed by atoms with Crippen molar-refractivity contribution in [2.24, 2.45) is 0 Å². The number of anilines is 2. The van der Waals surface area contributed by atoms with Crippen LogP contribution >= 0.6 is 12.2 Å². The highest BCUT2D eigenvalue weighted by atomic mass is 32.1. The number of thiocarbonyl (C=S) groups is 1. The average Bonchev–Trinajstić information content (AvgIpc) is 3.35. The number of morpholine rings is 1. The van der Waals surface area contributed by atoms with E-state index in [0.717, 1.165) is 49.3 Å². The lowest BCUT2D eigenvalue weighted by Crippen LogP contribution is -2.36. The number of hydrogen-bond acceptors (Lipinski definition) is 4. The zero-order valence-electron chi connectivity index (χ0n) is 19.5. The Bertz CT molecular complexity index is 1120. The van der Waals surface area contributed by atoms with Crippen molar-refractivity contribution in [1.82, 2.24) is 14.9 Å². The molecular weight excluding hydrogens is 430 g/mol. The molecule has 6 nitrogen and oxygen atoms in total. The summed E-state index contributed by atoms with van der Waals surface area (Å²) in [5.41, 5.74) is 7.15. The molecule has 0 radical (unpaired) electrons. The average molecular weight is 462 g/mol. The van der Waals surface area contributed by atoms with Gasteiger partial charge in [0, 0.05) is 48.6 Å². The van der Waals surface area contributed by atoms with E-state index in [1.165, 1.54) is 22.6 Å². The van der Waals surface area contributed by atoms with Crippen molar-refractivity contribution >= 4 is 28.7 Å². The molecule has 0 unspecified atom stereocenters. The van der Waals surface area contributed by atoms with Crippen molar-refractivity contribution in [1.29, 1.82) is 0 Å². The number of nitrogens with zero attached hydrogens (tertiary/aromatic N) is 4. The number of ether oxygens (including phenoxy) is 1. The van der Waals surface area contributed by atoms with Gasteiger partial charge in [0.1, 0.15) is 0 Å². The third-order valence-corrected chi connectivity index (χ3v) is 7.16. The lowest BCUT2D eigenvalue weighted by atomic mass is 9.96. The SMILES string of the molecule is CCn1c(C)cc([C@@H]2[C@@H](c3ccccn3)NC(=S)N2c2ccc(N3CCOCC3)cc2)c1C. The molecule has 0 saturated carbocycles. The number of nitrogens with one attached hydrogen (secondary N) is 1. The molecule has 4 heterocycles. The normalized spacial score (nSPS) is 20.9. The fourth-order valence-corrected chi connectivity index (χ4v) is 5.55. The van der Waals surface area contributed by atoms with Crippen LogP contribution in [-0.4, -0.2) is 41.0 Å². The standard InChI is InChI=1S/C26H31N5OS/c1-4-30-18(2)17-22(19(30)3)25-24(23-7-5-6-12-27-23)28-26(33)31(25)21-10-8-20(9-11-21)29-13-15-32-16-14-29/h5-12,17,24-25H,4,13-16H2,1-3H3,(H,28,33)/t24-,25-/m1/s1. The van der Waals surface area contributed by atoms with Gasteiger partial charge in [-0.05, 0) is 81.0 Å². The Balaban J connectivity index is 1.55. The molecule has 0 amide bonds. The second kappa shape index (κ2) is 9.15. The highest BCUT2D eigenvalue weighted by Gasteiger charge is 2.42. The Hall–Kier alpha value is -2.90. The first kappa shape index (κ1) is 21.9. The van der Waals surface area contributed by atoms with Crippen molar-refractivity contribution in [2.75, 3.05) is 36.1 Å². The number of aromatic nitrogens is 2. The van der Waals surface area contributed by atoms with Gasteiger partial charge in [-0.25, -0.2) is 0 Å². The maximum absolute atomic E-state index is 5.90. The fourth-order valence-electron chi connectivity index (χ4n) is 5.21. The van der Waals surface area contributed by atoms with Gasteiger partial charge in [0.25, 0.3) is 0 Å². The monoisotopic (exact) mass is 461 g/mol. The molecule has 7 heteroatoms. The van der Waals surface area contributed by atoms with Gasteiger partial charge in [0.05, 0.1) is 31.0 Å². The van der Waals surface area contributed by atoms with Crippen LogP contribution in [0.2, 0.25) is 0 Å². The van der Waals surface area contributed by atoms with Crippen LogP contribution in [0.4, 0.5) is 11.4 Å². The van der Waals surface area contributed by atoms with Crippen molar-refractivity contribution in [3.05, 3.63) is 77.4 Å². The minimum absolute atomic E-state index is 0.0214. The molecule has 5 rings (SSSR count). The molecule has 1 aromatic carbocycles. The predicted octanol–water partition coefficient (Wildman–Crippen LogP) is 4.53. The molecule has 2 aromatic heterocycles.